The number of benzene rings is 1. The molecule has 1 saturated heterocycles. The number of nitrogens with one attached hydrogen (secondary N) is 2. The Bertz CT molecular complexity index is 1120. The van der Waals surface area contributed by atoms with E-state index in [1.807, 2.05) is 22.6 Å². The first kappa shape index (κ1) is 21.0. The van der Waals surface area contributed by atoms with Gasteiger partial charge in [0.2, 0.25) is 6.29 Å². The lowest BCUT2D eigenvalue weighted by molar-refractivity contribution is -0.203. The predicted molar refractivity (Wildman–Crippen MR) is 117 cm³/mol. The van der Waals surface area contributed by atoms with Crippen LogP contribution in [-0.4, -0.2) is 34.1 Å². The Hall–Kier alpha value is -2.28. The van der Waals surface area contributed by atoms with Crippen molar-refractivity contribution in [3.63, 3.8) is 0 Å². The molecule has 1 aliphatic rings. The van der Waals surface area contributed by atoms with Crippen LogP contribution in [0.5, 0.6) is 0 Å². The van der Waals surface area contributed by atoms with Crippen molar-refractivity contribution in [3.8, 4) is 0 Å². The third-order valence-electron chi connectivity index (χ3n) is 4.62. The van der Waals surface area contributed by atoms with Crippen molar-refractivity contribution in [2.45, 2.75) is 25.9 Å². The number of hydroxylamine groups is 1. The maximum atomic E-state index is 14.4. The highest BCUT2D eigenvalue weighted by Crippen LogP contribution is 2.32. The minimum atomic E-state index is -0.784. The zero-order chi connectivity index (χ0) is 21.5. The molecule has 8 nitrogen and oxygen atoms in total. The number of anilines is 2. The van der Waals surface area contributed by atoms with Gasteiger partial charge in [0, 0.05) is 22.2 Å². The summed E-state index contributed by atoms with van der Waals surface area (Å²) in [4.78, 5) is 22.8. The van der Waals surface area contributed by atoms with Crippen molar-refractivity contribution >= 4 is 51.0 Å². The van der Waals surface area contributed by atoms with Crippen molar-refractivity contribution in [1.29, 1.82) is 0 Å². The van der Waals surface area contributed by atoms with Crippen LogP contribution in [0, 0.1) is 9.39 Å². The molecule has 1 aliphatic heterocycles. The number of pyridine rings is 1. The number of hydrogen-bond acceptors (Lipinski definition) is 6. The molecule has 10 heteroatoms. The minimum Gasteiger partial charge on any atom is -0.345 e. The summed E-state index contributed by atoms with van der Waals surface area (Å²) in [6.45, 7) is 3.70. The first-order valence-corrected chi connectivity index (χ1v) is 10.3. The number of halogens is 2. The lowest BCUT2D eigenvalue weighted by Gasteiger charge is -2.17. The normalized spacial score (nSPS) is 18.0. The average Bonchev–Trinajstić information content (AvgIpc) is 3.19. The predicted octanol–water partition coefficient (Wildman–Crippen LogP) is 3.83. The Labute approximate surface area is 185 Å². The van der Waals surface area contributed by atoms with Gasteiger partial charge in [-0.1, -0.05) is 0 Å². The Morgan fingerprint density at radius 3 is 2.90 bits per heavy atom. The van der Waals surface area contributed by atoms with Crippen LogP contribution in [0.25, 0.3) is 11.0 Å². The highest BCUT2D eigenvalue weighted by Gasteiger charge is 2.34. The first-order chi connectivity index (χ1) is 14.2. The fraction of sp³-hybridized carbons (Fsp3) is 0.300. The maximum absolute atomic E-state index is 14.4. The second-order valence-electron chi connectivity index (χ2n) is 7.21. The number of carbonyl (C=O) groups is 1. The number of rotatable bonds is 5. The van der Waals surface area contributed by atoms with E-state index in [2.05, 4.69) is 15.8 Å². The minimum absolute atomic E-state index is 0.184. The van der Waals surface area contributed by atoms with E-state index in [0.29, 0.717) is 16.9 Å². The molecule has 0 radical (unpaired) electrons. The van der Waals surface area contributed by atoms with E-state index < -0.39 is 23.8 Å². The van der Waals surface area contributed by atoms with Crippen molar-refractivity contribution in [1.82, 2.24) is 15.0 Å². The van der Waals surface area contributed by atoms with Gasteiger partial charge in [0.25, 0.3) is 5.91 Å². The first-order valence-electron chi connectivity index (χ1n) is 9.18. The zero-order valence-corrected chi connectivity index (χ0v) is 18.7. The molecular formula is C20H20FIN4O4. The maximum Gasteiger partial charge on any atom is 0.279 e. The van der Waals surface area contributed by atoms with Gasteiger partial charge >= 0.3 is 0 Å². The van der Waals surface area contributed by atoms with Crippen LogP contribution in [0.2, 0.25) is 0 Å². The van der Waals surface area contributed by atoms with Gasteiger partial charge in [0.15, 0.2) is 5.79 Å². The summed E-state index contributed by atoms with van der Waals surface area (Å²) < 4.78 is 27.9. The largest absolute Gasteiger partial charge is 0.345 e. The Kier molecular flexibility index (Phi) is 5.66. The molecule has 1 atom stereocenters. The highest BCUT2D eigenvalue weighted by molar-refractivity contribution is 14.1. The molecular weight excluding hydrogens is 506 g/mol. The van der Waals surface area contributed by atoms with Gasteiger partial charge in [-0.2, -0.15) is 0 Å². The molecule has 2 N–H and O–H groups in total. The fourth-order valence-corrected chi connectivity index (χ4v) is 3.69. The van der Waals surface area contributed by atoms with E-state index in [1.165, 1.54) is 6.07 Å². The molecule has 0 saturated carbocycles. The second kappa shape index (κ2) is 8.10. The average molecular weight is 526 g/mol. The quantitative estimate of drug-likeness (QED) is 0.389. The summed E-state index contributed by atoms with van der Waals surface area (Å²) >= 11 is 2.03. The number of fused-ring (bicyclic) bond motifs is 1. The summed E-state index contributed by atoms with van der Waals surface area (Å²) in [5.74, 6) is -1.35. The van der Waals surface area contributed by atoms with Gasteiger partial charge < -0.3 is 19.4 Å². The standard InChI is InChI=1S/C20H20FIN4O4/c1-20(2)28-10-15(29-20)30-25-19(27)16-12-5-4-8-23-17(12)26(3)18(16)24-14-7-6-11(22)9-13(14)21/h4-9,15,24H,10H2,1-3H3,(H,25,27)/t15-/m0/s1. The molecule has 0 aliphatic carbocycles. The molecule has 4 rings (SSSR count). The number of amides is 1. The van der Waals surface area contributed by atoms with Crippen LogP contribution < -0.4 is 10.8 Å². The lowest BCUT2D eigenvalue weighted by atomic mass is 10.2. The second-order valence-corrected chi connectivity index (χ2v) is 8.46. The van der Waals surface area contributed by atoms with E-state index in [9.17, 15) is 9.18 Å². The third-order valence-corrected chi connectivity index (χ3v) is 5.29. The molecule has 0 unspecified atom stereocenters. The van der Waals surface area contributed by atoms with Gasteiger partial charge in [-0.05, 0) is 66.8 Å². The molecule has 3 heterocycles. The molecule has 1 aromatic carbocycles. The van der Waals surface area contributed by atoms with Crippen LogP contribution in [0.1, 0.15) is 24.2 Å². The zero-order valence-electron chi connectivity index (χ0n) is 16.5. The Morgan fingerprint density at radius 1 is 1.40 bits per heavy atom. The number of ether oxygens (including phenoxy) is 2. The summed E-state index contributed by atoms with van der Waals surface area (Å²) in [5.41, 5.74) is 3.50. The van der Waals surface area contributed by atoms with Crippen LogP contribution in [0.3, 0.4) is 0 Å². The van der Waals surface area contributed by atoms with E-state index in [-0.39, 0.29) is 17.9 Å². The third kappa shape index (κ3) is 4.13. The van der Waals surface area contributed by atoms with Gasteiger partial charge in [-0.25, -0.2) is 19.7 Å². The van der Waals surface area contributed by atoms with Gasteiger partial charge in [0.05, 0.1) is 11.3 Å². The molecule has 30 heavy (non-hydrogen) atoms. The fourth-order valence-electron chi connectivity index (χ4n) is 3.24. The van der Waals surface area contributed by atoms with Crippen LogP contribution in [0.15, 0.2) is 36.5 Å². The van der Waals surface area contributed by atoms with Crippen molar-refractivity contribution in [2.24, 2.45) is 7.05 Å². The SMILES string of the molecule is Cn1c(Nc2ccc(I)cc2F)c(C(=O)NO[C@H]2COC(C)(C)O2)c2cccnc21. The molecule has 2 aromatic heterocycles. The number of nitrogens with zero attached hydrogens (tertiary/aromatic N) is 2. The summed E-state index contributed by atoms with van der Waals surface area (Å²) in [5, 5.41) is 3.62. The van der Waals surface area contributed by atoms with Crippen LogP contribution in [0.4, 0.5) is 15.9 Å². The molecule has 3 aromatic rings. The van der Waals surface area contributed by atoms with Crippen LogP contribution in [-0.2, 0) is 21.4 Å². The van der Waals surface area contributed by atoms with Crippen molar-refractivity contribution < 1.29 is 23.5 Å². The summed E-state index contributed by atoms with van der Waals surface area (Å²) in [6, 6.07) is 8.30. The number of aromatic nitrogens is 2. The van der Waals surface area contributed by atoms with Gasteiger partial charge in [-0.3, -0.25) is 4.79 Å². The highest BCUT2D eigenvalue weighted by atomic mass is 127. The topological polar surface area (TPSA) is 86.6 Å². The van der Waals surface area contributed by atoms with Gasteiger partial charge in [0.1, 0.15) is 23.9 Å². The van der Waals surface area contributed by atoms with Crippen LogP contribution >= 0.6 is 22.6 Å². The summed E-state index contributed by atoms with van der Waals surface area (Å²) in [6.07, 6.45) is 0.892. The lowest BCUT2D eigenvalue weighted by Crippen LogP contribution is -2.32. The molecule has 158 valence electrons. The van der Waals surface area contributed by atoms with Crippen molar-refractivity contribution in [2.75, 3.05) is 11.9 Å². The molecule has 0 spiro atoms. The number of carbonyl (C=O) groups excluding carboxylic acids is 1. The van der Waals surface area contributed by atoms with E-state index in [1.54, 1.807) is 55.9 Å². The van der Waals surface area contributed by atoms with E-state index >= 15 is 0 Å². The van der Waals surface area contributed by atoms with Crippen molar-refractivity contribution in [3.05, 3.63) is 51.5 Å². The number of hydrogen-bond donors (Lipinski definition) is 2. The monoisotopic (exact) mass is 526 g/mol. The number of aryl methyl sites for hydroxylation is 1. The smallest absolute Gasteiger partial charge is 0.279 e. The summed E-state index contributed by atoms with van der Waals surface area (Å²) in [7, 11) is 1.75. The molecule has 1 amide bonds. The Balaban J connectivity index is 1.66. The Morgan fingerprint density at radius 2 is 2.20 bits per heavy atom. The van der Waals surface area contributed by atoms with E-state index in [0.717, 1.165) is 3.57 Å². The van der Waals surface area contributed by atoms with Gasteiger partial charge in [-0.15, -0.1) is 0 Å². The molecule has 1 fully saturated rings. The molecule has 0 bridgehead atoms. The van der Waals surface area contributed by atoms with E-state index in [4.69, 9.17) is 14.3 Å².